The maximum atomic E-state index is 12.4. The van der Waals surface area contributed by atoms with E-state index in [4.69, 9.17) is 4.74 Å². The van der Waals surface area contributed by atoms with E-state index >= 15 is 0 Å². The number of ketones is 1. The number of hydrogen-bond acceptors (Lipinski definition) is 5. The van der Waals surface area contributed by atoms with Gasteiger partial charge in [0, 0.05) is 18.0 Å². The van der Waals surface area contributed by atoms with Crippen LogP contribution >= 0.6 is 0 Å². The van der Waals surface area contributed by atoms with E-state index in [0.717, 1.165) is 5.69 Å². The van der Waals surface area contributed by atoms with Gasteiger partial charge in [-0.2, -0.15) is 5.10 Å². The zero-order valence-electron chi connectivity index (χ0n) is 15.5. The Bertz CT molecular complexity index is 995. The van der Waals surface area contributed by atoms with Gasteiger partial charge in [-0.1, -0.05) is 12.1 Å². The van der Waals surface area contributed by atoms with Crippen LogP contribution in [-0.2, 0) is 9.53 Å². The topological polar surface area (TPSA) is 90.3 Å². The van der Waals surface area contributed by atoms with Crippen molar-refractivity contribution in [3.8, 4) is 5.69 Å². The van der Waals surface area contributed by atoms with E-state index in [0.29, 0.717) is 16.8 Å². The summed E-state index contributed by atoms with van der Waals surface area (Å²) in [4.78, 5) is 36.3. The summed E-state index contributed by atoms with van der Waals surface area (Å²) in [5.41, 5.74) is 1.89. The number of para-hydroxylation sites is 1. The van der Waals surface area contributed by atoms with Gasteiger partial charge in [0.25, 0.3) is 5.91 Å². The molecule has 2 aromatic carbocycles. The molecule has 0 saturated carbocycles. The SMILES string of the molecule is CC(=O)c1ccccc1NC(=O)[C@H](C)OC(=O)c1ccc(-n2cccn2)cc1. The van der Waals surface area contributed by atoms with E-state index in [9.17, 15) is 14.4 Å². The van der Waals surface area contributed by atoms with Gasteiger partial charge < -0.3 is 10.1 Å². The lowest BCUT2D eigenvalue weighted by Gasteiger charge is -2.15. The monoisotopic (exact) mass is 377 g/mol. The molecule has 0 spiro atoms. The molecule has 7 heteroatoms. The summed E-state index contributed by atoms with van der Waals surface area (Å²) >= 11 is 0. The molecule has 0 aliphatic heterocycles. The van der Waals surface area contributed by atoms with E-state index in [1.54, 1.807) is 71.7 Å². The fourth-order valence-corrected chi connectivity index (χ4v) is 2.59. The second-order valence-electron chi connectivity index (χ2n) is 6.14. The fourth-order valence-electron chi connectivity index (χ4n) is 2.59. The number of Topliss-reactive ketones (excluding diaryl/α,β-unsaturated/α-hetero) is 1. The molecule has 1 atom stereocenters. The van der Waals surface area contributed by atoms with Gasteiger partial charge >= 0.3 is 5.97 Å². The lowest BCUT2D eigenvalue weighted by atomic mass is 10.1. The van der Waals surface area contributed by atoms with Crippen LogP contribution in [0, 0.1) is 0 Å². The van der Waals surface area contributed by atoms with Gasteiger partial charge in [-0.3, -0.25) is 9.59 Å². The molecule has 0 fully saturated rings. The molecule has 3 aromatic rings. The number of carbonyl (C=O) groups excluding carboxylic acids is 3. The van der Waals surface area contributed by atoms with Gasteiger partial charge in [-0.25, -0.2) is 9.48 Å². The highest BCUT2D eigenvalue weighted by Gasteiger charge is 2.20. The summed E-state index contributed by atoms with van der Waals surface area (Å²) < 4.78 is 6.91. The maximum absolute atomic E-state index is 12.4. The van der Waals surface area contributed by atoms with Crippen molar-refractivity contribution in [2.75, 3.05) is 5.32 Å². The van der Waals surface area contributed by atoms with Crippen LogP contribution in [0.25, 0.3) is 5.69 Å². The second-order valence-corrected chi connectivity index (χ2v) is 6.14. The maximum Gasteiger partial charge on any atom is 0.338 e. The molecule has 0 bridgehead atoms. The van der Waals surface area contributed by atoms with Crippen molar-refractivity contribution in [2.24, 2.45) is 0 Å². The lowest BCUT2D eigenvalue weighted by molar-refractivity contribution is -0.123. The smallest absolute Gasteiger partial charge is 0.338 e. The molecule has 1 aromatic heterocycles. The van der Waals surface area contributed by atoms with E-state index in [1.165, 1.54) is 13.8 Å². The summed E-state index contributed by atoms with van der Waals surface area (Å²) in [6.07, 6.45) is 2.42. The predicted molar refractivity (Wildman–Crippen MR) is 104 cm³/mol. The van der Waals surface area contributed by atoms with Crippen LogP contribution in [0.2, 0.25) is 0 Å². The minimum atomic E-state index is -1.03. The Morgan fingerprint density at radius 2 is 1.75 bits per heavy atom. The van der Waals surface area contributed by atoms with Gasteiger partial charge in [-0.05, 0) is 56.3 Å². The molecule has 28 heavy (non-hydrogen) atoms. The van der Waals surface area contributed by atoms with Crippen LogP contribution in [0.4, 0.5) is 5.69 Å². The minimum Gasteiger partial charge on any atom is -0.449 e. The normalized spacial score (nSPS) is 11.5. The molecule has 3 rings (SSSR count). The summed E-state index contributed by atoms with van der Waals surface area (Å²) in [6, 6.07) is 15.1. The molecule has 0 aliphatic carbocycles. The number of aromatic nitrogens is 2. The van der Waals surface area contributed by atoms with Crippen LogP contribution in [0.1, 0.15) is 34.6 Å². The van der Waals surface area contributed by atoms with Gasteiger partial charge in [0.05, 0.1) is 16.9 Å². The predicted octanol–water partition coefficient (Wildman–Crippen LogP) is 3.26. The zero-order valence-corrected chi connectivity index (χ0v) is 15.5. The summed E-state index contributed by atoms with van der Waals surface area (Å²) in [6.45, 7) is 2.89. The molecule has 0 aliphatic rings. The third kappa shape index (κ3) is 4.32. The number of benzene rings is 2. The molecule has 0 saturated heterocycles. The Morgan fingerprint density at radius 1 is 1.04 bits per heavy atom. The van der Waals surface area contributed by atoms with E-state index in [2.05, 4.69) is 10.4 Å². The van der Waals surface area contributed by atoms with Crippen molar-refractivity contribution in [3.05, 3.63) is 78.1 Å². The lowest BCUT2D eigenvalue weighted by Crippen LogP contribution is -2.30. The van der Waals surface area contributed by atoms with Crippen LogP contribution in [-0.4, -0.2) is 33.5 Å². The molecule has 0 radical (unpaired) electrons. The second kappa shape index (κ2) is 8.30. The summed E-state index contributed by atoms with van der Waals surface area (Å²) in [7, 11) is 0. The highest BCUT2D eigenvalue weighted by Crippen LogP contribution is 2.17. The highest BCUT2D eigenvalue weighted by atomic mass is 16.5. The number of hydrogen-bond donors (Lipinski definition) is 1. The van der Waals surface area contributed by atoms with Crippen molar-refractivity contribution < 1.29 is 19.1 Å². The van der Waals surface area contributed by atoms with Crippen molar-refractivity contribution in [1.29, 1.82) is 0 Å². The van der Waals surface area contributed by atoms with Crippen molar-refractivity contribution in [2.45, 2.75) is 20.0 Å². The Labute approximate surface area is 161 Å². The van der Waals surface area contributed by atoms with Crippen molar-refractivity contribution >= 4 is 23.3 Å². The number of nitrogens with one attached hydrogen (secondary N) is 1. The number of anilines is 1. The summed E-state index contributed by atoms with van der Waals surface area (Å²) in [5, 5.41) is 6.74. The first kappa shape index (κ1) is 19.0. The van der Waals surface area contributed by atoms with Crippen molar-refractivity contribution in [3.63, 3.8) is 0 Å². The average molecular weight is 377 g/mol. The Hall–Kier alpha value is -3.74. The Kier molecular flexibility index (Phi) is 5.64. The van der Waals surface area contributed by atoms with E-state index in [1.807, 2.05) is 0 Å². The first-order valence-corrected chi connectivity index (χ1v) is 8.67. The number of amides is 1. The molecule has 1 N–H and O–H groups in total. The van der Waals surface area contributed by atoms with Crippen LogP contribution in [0.15, 0.2) is 67.0 Å². The first-order valence-electron chi connectivity index (χ1n) is 8.67. The first-order chi connectivity index (χ1) is 13.5. The fraction of sp³-hybridized carbons (Fsp3) is 0.143. The third-order valence-corrected chi connectivity index (χ3v) is 4.09. The standard InChI is InChI=1S/C21H19N3O4/c1-14(25)18-6-3-4-7-19(18)23-20(26)15(2)28-21(27)16-8-10-17(11-9-16)24-13-5-12-22-24/h3-13,15H,1-2H3,(H,23,26)/t15-/m0/s1. The Balaban J connectivity index is 1.64. The van der Waals surface area contributed by atoms with Crippen LogP contribution in [0.3, 0.4) is 0 Å². The molecule has 1 amide bonds. The summed E-state index contributed by atoms with van der Waals surface area (Å²) in [5.74, 6) is -1.30. The minimum absolute atomic E-state index is 0.169. The van der Waals surface area contributed by atoms with Crippen LogP contribution < -0.4 is 5.32 Å². The largest absolute Gasteiger partial charge is 0.449 e. The number of carbonyl (C=O) groups is 3. The molecule has 7 nitrogen and oxygen atoms in total. The van der Waals surface area contributed by atoms with Gasteiger partial charge in [0.15, 0.2) is 11.9 Å². The average Bonchev–Trinajstić information content (AvgIpc) is 3.23. The Morgan fingerprint density at radius 3 is 2.39 bits per heavy atom. The molecular weight excluding hydrogens is 358 g/mol. The molecule has 142 valence electrons. The number of rotatable bonds is 6. The molecule has 1 heterocycles. The number of ether oxygens (including phenoxy) is 1. The third-order valence-electron chi connectivity index (χ3n) is 4.09. The number of esters is 1. The zero-order chi connectivity index (χ0) is 20.1. The van der Waals surface area contributed by atoms with Gasteiger partial charge in [0.1, 0.15) is 0 Å². The van der Waals surface area contributed by atoms with E-state index in [-0.39, 0.29) is 5.78 Å². The number of nitrogens with zero attached hydrogens (tertiary/aromatic N) is 2. The quantitative estimate of drug-likeness (QED) is 0.526. The molecular formula is C21H19N3O4. The van der Waals surface area contributed by atoms with Gasteiger partial charge in [-0.15, -0.1) is 0 Å². The van der Waals surface area contributed by atoms with E-state index < -0.39 is 18.0 Å². The molecule has 0 unspecified atom stereocenters. The van der Waals surface area contributed by atoms with Gasteiger partial charge in [0.2, 0.25) is 0 Å². The highest BCUT2D eigenvalue weighted by molar-refractivity contribution is 6.05. The van der Waals surface area contributed by atoms with Crippen molar-refractivity contribution in [1.82, 2.24) is 9.78 Å². The van der Waals surface area contributed by atoms with Crippen LogP contribution in [0.5, 0.6) is 0 Å².